The summed E-state index contributed by atoms with van der Waals surface area (Å²) in [5.41, 5.74) is 2.77. The maximum atomic E-state index is 13.6. The summed E-state index contributed by atoms with van der Waals surface area (Å²) < 4.78 is 4.86. The van der Waals surface area contributed by atoms with E-state index < -0.39 is 5.97 Å². The van der Waals surface area contributed by atoms with Gasteiger partial charge in [0, 0.05) is 10.4 Å². The lowest BCUT2D eigenvalue weighted by atomic mass is 9.72. The molecule has 3 aromatic rings. The Kier molecular flexibility index (Phi) is 7.08. The highest BCUT2D eigenvalue weighted by Crippen LogP contribution is 2.44. The maximum Gasteiger partial charge on any atom is 0.339 e. The molecule has 0 radical (unpaired) electrons. The molecule has 1 atom stereocenters. The van der Waals surface area contributed by atoms with Gasteiger partial charge in [-0.05, 0) is 60.4 Å². The minimum atomic E-state index is -0.529. The second kappa shape index (κ2) is 10.0. The Balaban J connectivity index is 1.71. The summed E-state index contributed by atoms with van der Waals surface area (Å²) in [6.45, 7) is 6.73. The zero-order chi connectivity index (χ0) is 25.2. The molecule has 1 aliphatic carbocycles. The molecule has 2 amide bonds. The van der Waals surface area contributed by atoms with Crippen LogP contribution < -0.4 is 10.6 Å². The highest BCUT2D eigenvalue weighted by Gasteiger charge is 2.34. The van der Waals surface area contributed by atoms with Gasteiger partial charge >= 0.3 is 5.97 Å². The van der Waals surface area contributed by atoms with E-state index in [1.54, 1.807) is 48.5 Å². The average molecular weight is 491 g/mol. The second-order valence-corrected chi connectivity index (χ2v) is 10.9. The third-order valence-corrected chi connectivity index (χ3v) is 7.73. The number of esters is 1. The van der Waals surface area contributed by atoms with Gasteiger partial charge in [-0.15, -0.1) is 11.3 Å². The lowest BCUT2D eigenvalue weighted by Gasteiger charge is -2.33. The molecule has 0 spiro atoms. The van der Waals surface area contributed by atoms with Crippen LogP contribution in [0.15, 0.2) is 54.6 Å². The van der Waals surface area contributed by atoms with Gasteiger partial charge in [0.05, 0.1) is 23.9 Å². The van der Waals surface area contributed by atoms with Crippen LogP contribution >= 0.6 is 11.3 Å². The zero-order valence-corrected chi connectivity index (χ0v) is 21.3. The summed E-state index contributed by atoms with van der Waals surface area (Å²) >= 11 is 1.47. The molecule has 7 heteroatoms. The van der Waals surface area contributed by atoms with Crippen LogP contribution in [0.3, 0.4) is 0 Å². The Labute approximate surface area is 209 Å². The van der Waals surface area contributed by atoms with E-state index in [0.717, 1.165) is 29.7 Å². The van der Waals surface area contributed by atoms with E-state index in [4.69, 9.17) is 4.74 Å². The normalized spacial score (nSPS) is 15.1. The summed E-state index contributed by atoms with van der Waals surface area (Å²) in [6.07, 6.45) is 2.60. The summed E-state index contributed by atoms with van der Waals surface area (Å²) in [7, 11) is 1.30. The SMILES string of the molecule is COC(=O)c1ccccc1NC(=O)c1c(NC(=O)c2ccccc2)sc2c1CCC(C(C)(C)C)C2. The van der Waals surface area contributed by atoms with Gasteiger partial charge in [-0.25, -0.2) is 4.79 Å². The van der Waals surface area contributed by atoms with Gasteiger partial charge in [0.1, 0.15) is 5.00 Å². The molecule has 1 unspecified atom stereocenters. The quantitative estimate of drug-likeness (QED) is 0.418. The van der Waals surface area contributed by atoms with Crippen LogP contribution in [-0.2, 0) is 17.6 Å². The van der Waals surface area contributed by atoms with Crippen molar-refractivity contribution in [1.29, 1.82) is 0 Å². The van der Waals surface area contributed by atoms with E-state index in [0.29, 0.717) is 27.7 Å². The number of benzene rings is 2. The number of para-hydroxylation sites is 1. The zero-order valence-electron chi connectivity index (χ0n) is 20.4. The van der Waals surface area contributed by atoms with Gasteiger partial charge in [-0.3, -0.25) is 9.59 Å². The van der Waals surface area contributed by atoms with E-state index >= 15 is 0 Å². The summed E-state index contributed by atoms with van der Waals surface area (Å²) in [5.74, 6) is -0.654. The first-order valence-electron chi connectivity index (χ1n) is 11.7. The second-order valence-electron chi connectivity index (χ2n) is 9.83. The monoisotopic (exact) mass is 490 g/mol. The number of thiophene rings is 1. The van der Waals surface area contributed by atoms with Crippen LogP contribution in [0, 0.1) is 11.3 Å². The predicted molar refractivity (Wildman–Crippen MR) is 139 cm³/mol. The maximum absolute atomic E-state index is 13.6. The lowest BCUT2D eigenvalue weighted by Crippen LogP contribution is -2.27. The van der Waals surface area contributed by atoms with Crippen molar-refractivity contribution in [1.82, 2.24) is 0 Å². The first-order chi connectivity index (χ1) is 16.7. The predicted octanol–water partition coefficient (Wildman–Crippen LogP) is 6.19. The van der Waals surface area contributed by atoms with Crippen LogP contribution in [0.25, 0.3) is 0 Å². The van der Waals surface area contributed by atoms with E-state index in [1.807, 2.05) is 6.07 Å². The van der Waals surface area contributed by atoms with Gasteiger partial charge in [0.25, 0.3) is 11.8 Å². The fourth-order valence-electron chi connectivity index (χ4n) is 4.48. The van der Waals surface area contributed by atoms with Gasteiger partial charge in [0.2, 0.25) is 0 Å². The van der Waals surface area contributed by atoms with Gasteiger partial charge in [0.15, 0.2) is 0 Å². The van der Waals surface area contributed by atoms with Crippen LogP contribution in [-0.4, -0.2) is 24.9 Å². The van der Waals surface area contributed by atoms with Crippen LogP contribution in [0.4, 0.5) is 10.7 Å². The molecule has 35 heavy (non-hydrogen) atoms. The summed E-state index contributed by atoms with van der Waals surface area (Å²) in [5, 5.41) is 6.40. The molecule has 182 valence electrons. The summed E-state index contributed by atoms with van der Waals surface area (Å²) in [6, 6.07) is 15.7. The minimum absolute atomic E-state index is 0.150. The fourth-order valence-corrected chi connectivity index (χ4v) is 5.80. The number of carbonyl (C=O) groups excluding carboxylic acids is 3. The number of carbonyl (C=O) groups is 3. The molecule has 0 aliphatic heterocycles. The average Bonchev–Trinajstić information content (AvgIpc) is 3.21. The summed E-state index contributed by atoms with van der Waals surface area (Å²) in [4.78, 5) is 39.9. The molecular weight excluding hydrogens is 460 g/mol. The number of hydrogen-bond acceptors (Lipinski definition) is 5. The number of hydrogen-bond donors (Lipinski definition) is 2. The van der Waals surface area contributed by atoms with Crippen LogP contribution in [0.2, 0.25) is 0 Å². The third kappa shape index (κ3) is 5.30. The molecule has 2 N–H and O–H groups in total. The Bertz CT molecular complexity index is 1260. The van der Waals surface area contributed by atoms with Crippen molar-refractivity contribution in [2.24, 2.45) is 11.3 Å². The van der Waals surface area contributed by atoms with Crippen molar-refractivity contribution in [3.8, 4) is 0 Å². The van der Waals surface area contributed by atoms with Gasteiger partial charge in [-0.1, -0.05) is 51.1 Å². The van der Waals surface area contributed by atoms with Gasteiger partial charge in [-0.2, -0.15) is 0 Å². The molecule has 1 aromatic heterocycles. The molecule has 4 rings (SSSR count). The van der Waals surface area contributed by atoms with E-state index in [-0.39, 0.29) is 22.8 Å². The Morgan fingerprint density at radius 3 is 2.31 bits per heavy atom. The Morgan fingerprint density at radius 1 is 0.943 bits per heavy atom. The molecule has 2 aromatic carbocycles. The van der Waals surface area contributed by atoms with Crippen molar-refractivity contribution in [3.05, 3.63) is 81.7 Å². The van der Waals surface area contributed by atoms with E-state index in [2.05, 4.69) is 31.4 Å². The van der Waals surface area contributed by atoms with Crippen LogP contribution in [0.5, 0.6) is 0 Å². The largest absolute Gasteiger partial charge is 0.465 e. The van der Waals surface area contributed by atoms with Crippen LogP contribution in [0.1, 0.15) is 68.7 Å². The number of methoxy groups -OCH3 is 1. The van der Waals surface area contributed by atoms with Crippen molar-refractivity contribution < 1.29 is 19.1 Å². The number of amides is 2. The number of nitrogens with one attached hydrogen (secondary N) is 2. The molecule has 1 heterocycles. The molecule has 6 nitrogen and oxygen atoms in total. The number of ether oxygens (including phenoxy) is 1. The Morgan fingerprint density at radius 2 is 1.63 bits per heavy atom. The molecule has 0 bridgehead atoms. The van der Waals surface area contributed by atoms with Gasteiger partial charge < -0.3 is 15.4 Å². The first-order valence-corrected chi connectivity index (χ1v) is 12.5. The van der Waals surface area contributed by atoms with Crippen molar-refractivity contribution >= 4 is 39.8 Å². The third-order valence-electron chi connectivity index (χ3n) is 6.56. The molecule has 0 saturated carbocycles. The van der Waals surface area contributed by atoms with Crippen molar-refractivity contribution in [2.45, 2.75) is 40.0 Å². The van der Waals surface area contributed by atoms with E-state index in [9.17, 15) is 14.4 Å². The fraction of sp³-hybridized carbons (Fsp3) is 0.321. The minimum Gasteiger partial charge on any atom is -0.465 e. The molecule has 0 saturated heterocycles. The number of anilines is 2. The Hall–Kier alpha value is -3.45. The lowest BCUT2D eigenvalue weighted by molar-refractivity contribution is 0.0601. The van der Waals surface area contributed by atoms with Crippen molar-refractivity contribution in [3.63, 3.8) is 0 Å². The molecular formula is C28H30N2O4S. The number of fused-ring (bicyclic) bond motifs is 1. The highest BCUT2D eigenvalue weighted by atomic mass is 32.1. The van der Waals surface area contributed by atoms with E-state index in [1.165, 1.54) is 18.4 Å². The standard InChI is InChI=1S/C28H30N2O4S/c1-28(2,3)18-14-15-20-22(16-18)35-26(30-24(31)17-10-6-5-7-11-17)23(20)25(32)29-21-13-9-8-12-19(21)27(33)34-4/h5-13,18H,14-16H2,1-4H3,(H,29,32)(H,30,31). The molecule has 1 aliphatic rings. The number of rotatable bonds is 5. The molecule has 0 fully saturated rings. The smallest absolute Gasteiger partial charge is 0.339 e. The highest BCUT2D eigenvalue weighted by molar-refractivity contribution is 7.17. The topological polar surface area (TPSA) is 84.5 Å². The van der Waals surface area contributed by atoms with Crippen molar-refractivity contribution in [2.75, 3.05) is 17.7 Å². The first kappa shape index (κ1) is 24.7.